The van der Waals surface area contributed by atoms with Gasteiger partial charge in [0, 0.05) is 17.7 Å². The van der Waals surface area contributed by atoms with Gasteiger partial charge in [0.2, 0.25) is 0 Å². The van der Waals surface area contributed by atoms with Gasteiger partial charge in [-0.1, -0.05) is 19.0 Å². The molecule has 0 saturated carbocycles. The van der Waals surface area contributed by atoms with Gasteiger partial charge in [-0.25, -0.2) is 10.0 Å². The molecular formula is C12H17BrClN3O3. The maximum Gasteiger partial charge on any atom is 0.272 e. The number of carbonyl (C=O) groups excluding carboxylic acids is 2. The molecule has 0 saturated heterocycles. The fourth-order valence-corrected chi connectivity index (χ4v) is 1.99. The second-order valence-corrected chi connectivity index (χ2v) is 5.02. The number of hydrogen-bond acceptors (Lipinski definition) is 4. The zero-order valence-corrected chi connectivity index (χ0v) is 12.9. The SMILES string of the molecule is C.CON(C)C(=O)[C@H](C)NC(=O)c1ncc(Br)cc1Cl. The molecular weight excluding hydrogens is 350 g/mol. The van der Waals surface area contributed by atoms with E-state index >= 15 is 0 Å². The third-order valence-corrected chi connectivity index (χ3v) is 3.05. The topological polar surface area (TPSA) is 71.5 Å². The molecule has 1 rings (SSSR count). The molecule has 0 aliphatic rings. The van der Waals surface area contributed by atoms with Crippen molar-refractivity contribution in [3.63, 3.8) is 0 Å². The molecule has 1 heterocycles. The highest BCUT2D eigenvalue weighted by atomic mass is 79.9. The molecule has 1 aromatic heterocycles. The molecule has 20 heavy (non-hydrogen) atoms. The van der Waals surface area contributed by atoms with Crippen molar-refractivity contribution in [1.29, 1.82) is 0 Å². The first-order valence-electron chi connectivity index (χ1n) is 5.30. The largest absolute Gasteiger partial charge is 0.339 e. The fourth-order valence-electron chi connectivity index (χ4n) is 1.27. The maximum absolute atomic E-state index is 11.9. The van der Waals surface area contributed by atoms with E-state index in [0.717, 1.165) is 5.06 Å². The van der Waals surface area contributed by atoms with Gasteiger partial charge >= 0.3 is 0 Å². The Labute approximate surface area is 131 Å². The summed E-state index contributed by atoms with van der Waals surface area (Å²) in [5.74, 6) is -0.910. The summed E-state index contributed by atoms with van der Waals surface area (Å²) in [6.07, 6.45) is 1.45. The molecule has 0 spiro atoms. The zero-order valence-electron chi connectivity index (χ0n) is 10.6. The van der Waals surface area contributed by atoms with Crippen LogP contribution >= 0.6 is 27.5 Å². The lowest BCUT2D eigenvalue weighted by Crippen LogP contribution is -2.45. The van der Waals surface area contributed by atoms with Crippen LogP contribution in [0.5, 0.6) is 0 Å². The van der Waals surface area contributed by atoms with Crippen LogP contribution < -0.4 is 5.32 Å². The van der Waals surface area contributed by atoms with Crippen LogP contribution in [0.3, 0.4) is 0 Å². The van der Waals surface area contributed by atoms with Crippen molar-refractivity contribution in [1.82, 2.24) is 15.4 Å². The van der Waals surface area contributed by atoms with Crippen molar-refractivity contribution in [3.05, 3.63) is 27.5 Å². The first-order valence-corrected chi connectivity index (χ1v) is 6.47. The number of hydrogen-bond donors (Lipinski definition) is 1. The Bertz CT molecular complexity index is 499. The summed E-state index contributed by atoms with van der Waals surface area (Å²) < 4.78 is 0.664. The van der Waals surface area contributed by atoms with Gasteiger partial charge in [0.15, 0.2) is 0 Å². The summed E-state index contributed by atoms with van der Waals surface area (Å²) in [6.45, 7) is 1.54. The first kappa shape index (κ1) is 18.8. The van der Waals surface area contributed by atoms with Gasteiger partial charge in [0.05, 0.1) is 12.1 Å². The monoisotopic (exact) mass is 365 g/mol. The lowest BCUT2D eigenvalue weighted by molar-refractivity contribution is -0.170. The molecule has 0 aliphatic carbocycles. The Morgan fingerprint density at radius 3 is 2.65 bits per heavy atom. The smallest absolute Gasteiger partial charge is 0.272 e. The summed E-state index contributed by atoms with van der Waals surface area (Å²) in [5.41, 5.74) is 0.0598. The number of amides is 2. The number of pyridine rings is 1. The van der Waals surface area contributed by atoms with Crippen LogP contribution in [0.15, 0.2) is 16.7 Å². The highest BCUT2D eigenvalue weighted by Crippen LogP contribution is 2.18. The highest BCUT2D eigenvalue weighted by Gasteiger charge is 2.22. The molecule has 2 amide bonds. The normalized spacial score (nSPS) is 11.2. The molecule has 0 aromatic carbocycles. The van der Waals surface area contributed by atoms with Crippen LogP contribution in [0.4, 0.5) is 0 Å². The highest BCUT2D eigenvalue weighted by molar-refractivity contribution is 9.10. The molecule has 0 unspecified atom stereocenters. The molecule has 0 radical (unpaired) electrons. The van der Waals surface area contributed by atoms with Gasteiger partial charge in [-0.05, 0) is 28.9 Å². The Hall–Kier alpha value is -1.18. The van der Waals surface area contributed by atoms with Gasteiger partial charge in [0.1, 0.15) is 11.7 Å². The van der Waals surface area contributed by atoms with E-state index in [9.17, 15) is 9.59 Å². The van der Waals surface area contributed by atoms with E-state index < -0.39 is 11.9 Å². The van der Waals surface area contributed by atoms with Gasteiger partial charge in [-0.2, -0.15) is 0 Å². The van der Waals surface area contributed by atoms with Gasteiger partial charge in [-0.15, -0.1) is 0 Å². The van der Waals surface area contributed by atoms with Crippen LogP contribution in [0.2, 0.25) is 5.02 Å². The first-order chi connectivity index (χ1) is 8.86. The molecule has 0 fully saturated rings. The van der Waals surface area contributed by atoms with Crippen molar-refractivity contribution < 1.29 is 14.4 Å². The second kappa shape index (κ2) is 8.18. The lowest BCUT2D eigenvalue weighted by Gasteiger charge is -2.19. The van der Waals surface area contributed by atoms with E-state index in [-0.39, 0.29) is 24.1 Å². The predicted octanol–water partition coefficient (Wildman–Crippen LogP) is 2.27. The van der Waals surface area contributed by atoms with Crippen LogP contribution in [-0.4, -0.2) is 42.1 Å². The third kappa shape index (κ3) is 4.73. The van der Waals surface area contributed by atoms with Crippen molar-refractivity contribution >= 4 is 39.3 Å². The number of rotatable bonds is 4. The molecule has 0 bridgehead atoms. The molecule has 6 nitrogen and oxygen atoms in total. The molecule has 0 aliphatic heterocycles. The second-order valence-electron chi connectivity index (χ2n) is 3.70. The molecule has 1 N–H and O–H groups in total. The van der Waals surface area contributed by atoms with E-state index in [1.807, 2.05) is 0 Å². The van der Waals surface area contributed by atoms with E-state index in [0.29, 0.717) is 4.47 Å². The standard InChI is InChI=1S/C11H13BrClN3O3.CH4/c1-6(11(18)16(2)19-3)15-10(17)9-8(13)4-7(12)5-14-9;/h4-6H,1-3H3,(H,15,17);1H4/t6-;/m0./s1. The molecule has 8 heteroatoms. The predicted molar refractivity (Wildman–Crippen MR) is 80.4 cm³/mol. The summed E-state index contributed by atoms with van der Waals surface area (Å²) in [5, 5.41) is 3.73. The van der Waals surface area contributed by atoms with E-state index in [4.69, 9.17) is 16.4 Å². The van der Waals surface area contributed by atoms with Crippen LogP contribution in [0, 0.1) is 0 Å². The van der Waals surface area contributed by atoms with Gasteiger partial charge in [-0.3, -0.25) is 14.4 Å². The summed E-state index contributed by atoms with van der Waals surface area (Å²) in [6, 6.07) is 0.802. The van der Waals surface area contributed by atoms with Crippen molar-refractivity contribution in [3.8, 4) is 0 Å². The summed E-state index contributed by atoms with van der Waals surface area (Å²) in [4.78, 5) is 32.3. The number of hydroxylamine groups is 2. The quantitative estimate of drug-likeness (QED) is 0.830. The van der Waals surface area contributed by atoms with Gasteiger partial charge in [0.25, 0.3) is 11.8 Å². The number of likely N-dealkylation sites (N-methyl/N-ethyl adjacent to an activating group) is 1. The van der Waals surface area contributed by atoms with E-state index in [1.54, 1.807) is 13.0 Å². The lowest BCUT2D eigenvalue weighted by atomic mass is 10.2. The van der Waals surface area contributed by atoms with Crippen LogP contribution in [0.25, 0.3) is 0 Å². The Balaban J connectivity index is 0.00000361. The molecule has 1 aromatic rings. The molecule has 112 valence electrons. The van der Waals surface area contributed by atoms with Crippen molar-refractivity contribution in [2.45, 2.75) is 20.4 Å². The Morgan fingerprint density at radius 2 is 2.15 bits per heavy atom. The third-order valence-electron chi connectivity index (χ3n) is 2.33. The minimum absolute atomic E-state index is 0. The van der Waals surface area contributed by atoms with Crippen LogP contribution in [0.1, 0.15) is 24.8 Å². The summed E-state index contributed by atoms with van der Waals surface area (Å²) in [7, 11) is 2.81. The van der Waals surface area contributed by atoms with Crippen LogP contribution in [-0.2, 0) is 9.63 Å². The fraction of sp³-hybridized carbons (Fsp3) is 0.417. The number of nitrogens with zero attached hydrogens (tertiary/aromatic N) is 2. The summed E-state index contributed by atoms with van der Waals surface area (Å²) >= 11 is 9.10. The Kier molecular flexibility index (Phi) is 7.70. The maximum atomic E-state index is 11.9. The average Bonchev–Trinajstić information content (AvgIpc) is 2.36. The minimum Gasteiger partial charge on any atom is -0.339 e. The van der Waals surface area contributed by atoms with Crippen molar-refractivity contribution in [2.24, 2.45) is 0 Å². The van der Waals surface area contributed by atoms with Crippen molar-refractivity contribution in [2.75, 3.05) is 14.2 Å². The number of nitrogens with one attached hydrogen (secondary N) is 1. The zero-order chi connectivity index (χ0) is 14.6. The Morgan fingerprint density at radius 1 is 1.55 bits per heavy atom. The van der Waals surface area contributed by atoms with E-state index in [1.165, 1.54) is 20.4 Å². The average molecular weight is 367 g/mol. The minimum atomic E-state index is -0.751. The van der Waals surface area contributed by atoms with E-state index in [2.05, 4.69) is 26.2 Å². The number of aromatic nitrogens is 1. The number of carbonyl (C=O) groups is 2. The molecule has 1 atom stereocenters. The van der Waals surface area contributed by atoms with Gasteiger partial charge < -0.3 is 5.32 Å². The number of halogens is 2.